The number of nitrogens with zero attached hydrogens (tertiary/aromatic N) is 2. The summed E-state index contributed by atoms with van der Waals surface area (Å²) in [4.78, 5) is 4.34. The lowest BCUT2D eigenvalue weighted by molar-refractivity contribution is 0.425. The highest BCUT2D eigenvalue weighted by Crippen LogP contribution is 2.23. The largest absolute Gasteiger partial charge is 0.399 e. The van der Waals surface area contributed by atoms with E-state index in [1.165, 1.54) is 0 Å². The monoisotopic (exact) mass is 361 g/mol. The summed E-state index contributed by atoms with van der Waals surface area (Å²) in [6.45, 7) is 2.10. The van der Waals surface area contributed by atoms with E-state index >= 15 is 0 Å². The van der Waals surface area contributed by atoms with Gasteiger partial charge in [-0.15, -0.1) is 0 Å². The summed E-state index contributed by atoms with van der Waals surface area (Å²) in [6, 6.07) is 5.71. The van der Waals surface area contributed by atoms with Crippen LogP contribution in [0.3, 0.4) is 0 Å². The van der Waals surface area contributed by atoms with Gasteiger partial charge >= 0.3 is 0 Å². The minimum atomic E-state index is 0.530. The molecule has 0 saturated heterocycles. The van der Waals surface area contributed by atoms with Gasteiger partial charge in [-0.25, -0.2) is 0 Å². The molecule has 0 radical (unpaired) electrons. The van der Waals surface area contributed by atoms with Crippen LogP contribution >= 0.6 is 34.4 Å². The number of hydrogen-bond acceptors (Lipinski definition) is 5. The highest BCUT2D eigenvalue weighted by Gasteiger charge is 2.09. The first-order valence-corrected chi connectivity index (χ1v) is 7.39. The third kappa shape index (κ3) is 3.35. The number of nitrogen functional groups attached to an aromatic ring is 1. The molecule has 0 spiro atoms. The Morgan fingerprint density at radius 3 is 2.94 bits per heavy atom. The maximum atomic E-state index is 5.79. The zero-order valence-electron chi connectivity index (χ0n) is 9.31. The zero-order valence-corrected chi connectivity index (χ0v) is 12.3. The van der Waals surface area contributed by atoms with Gasteiger partial charge in [-0.2, -0.15) is 16.7 Å². The molecule has 2 aromatic rings. The summed E-state index contributed by atoms with van der Waals surface area (Å²) >= 11 is 3.98. The summed E-state index contributed by atoms with van der Waals surface area (Å²) in [7, 11) is 0. The lowest BCUT2D eigenvalue weighted by Gasteiger charge is -1.98. The van der Waals surface area contributed by atoms with Crippen molar-refractivity contribution < 1.29 is 4.52 Å². The minimum absolute atomic E-state index is 0.530. The van der Waals surface area contributed by atoms with E-state index < -0.39 is 0 Å². The first kappa shape index (κ1) is 12.7. The van der Waals surface area contributed by atoms with Crippen molar-refractivity contribution in [2.45, 2.75) is 12.7 Å². The van der Waals surface area contributed by atoms with Crippen LogP contribution in [0.1, 0.15) is 12.7 Å². The van der Waals surface area contributed by atoms with E-state index in [-0.39, 0.29) is 0 Å². The molecule has 0 bridgehead atoms. The van der Waals surface area contributed by atoms with Gasteiger partial charge < -0.3 is 10.3 Å². The summed E-state index contributed by atoms with van der Waals surface area (Å²) in [5.74, 6) is 3.07. The van der Waals surface area contributed by atoms with E-state index in [1.54, 1.807) is 11.8 Å². The predicted molar refractivity (Wildman–Crippen MR) is 78.7 cm³/mol. The Hall–Kier alpha value is -0.760. The van der Waals surface area contributed by atoms with Crippen LogP contribution in [0, 0.1) is 3.57 Å². The average Bonchev–Trinajstić information content (AvgIpc) is 2.73. The standard InChI is InChI=1S/C11H12IN3OS/c1-2-17-6-10-14-11(16-15-10)7-3-8(12)5-9(13)4-7/h3-5H,2,6,13H2,1H3. The van der Waals surface area contributed by atoms with Crippen molar-refractivity contribution in [2.24, 2.45) is 0 Å². The number of thioether (sulfide) groups is 1. The van der Waals surface area contributed by atoms with Gasteiger partial charge in [0.25, 0.3) is 5.89 Å². The molecule has 0 unspecified atom stereocenters. The molecule has 0 saturated carbocycles. The highest BCUT2D eigenvalue weighted by atomic mass is 127. The molecule has 1 aromatic carbocycles. The summed E-state index contributed by atoms with van der Waals surface area (Å²) < 4.78 is 6.28. The fourth-order valence-electron chi connectivity index (χ4n) is 1.36. The first-order chi connectivity index (χ1) is 8.19. The van der Waals surface area contributed by atoms with Gasteiger partial charge in [0.2, 0.25) is 0 Å². The fraction of sp³-hybridized carbons (Fsp3) is 0.273. The van der Waals surface area contributed by atoms with Gasteiger partial charge in [0.15, 0.2) is 5.82 Å². The van der Waals surface area contributed by atoms with Gasteiger partial charge in [0.05, 0.1) is 5.75 Å². The Bertz CT molecular complexity index is 495. The topological polar surface area (TPSA) is 64.9 Å². The molecular weight excluding hydrogens is 349 g/mol. The van der Waals surface area contributed by atoms with Crippen LogP contribution in [0.5, 0.6) is 0 Å². The normalized spacial score (nSPS) is 10.7. The number of benzene rings is 1. The highest BCUT2D eigenvalue weighted by molar-refractivity contribution is 14.1. The van der Waals surface area contributed by atoms with Crippen LogP contribution in [0.15, 0.2) is 22.7 Å². The Labute approximate surface area is 117 Å². The van der Waals surface area contributed by atoms with Crippen LogP contribution in [0.2, 0.25) is 0 Å². The predicted octanol–water partition coefficient (Wildman–Crippen LogP) is 3.18. The molecule has 0 atom stereocenters. The lowest BCUT2D eigenvalue weighted by atomic mass is 10.2. The smallest absolute Gasteiger partial charge is 0.258 e. The van der Waals surface area contributed by atoms with E-state index in [2.05, 4.69) is 39.7 Å². The Morgan fingerprint density at radius 2 is 2.24 bits per heavy atom. The van der Waals surface area contributed by atoms with Crippen LogP contribution < -0.4 is 5.73 Å². The van der Waals surface area contributed by atoms with Crippen LogP contribution in [-0.4, -0.2) is 15.9 Å². The molecular formula is C11H12IN3OS. The summed E-state index contributed by atoms with van der Waals surface area (Å²) in [6.07, 6.45) is 0. The number of rotatable bonds is 4. The van der Waals surface area contributed by atoms with E-state index in [1.807, 2.05) is 18.2 Å². The van der Waals surface area contributed by atoms with E-state index in [0.717, 1.165) is 26.5 Å². The molecule has 1 heterocycles. The van der Waals surface area contributed by atoms with Crippen molar-refractivity contribution in [3.63, 3.8) is 0 Å². The molecule has 2 rings (SSSR count). The maximum Gasteiger partial charge on any atom is 0.258 e. The van der Waals surface area contributed by atoms with Gasteiger partial charge in [0.1, 0.15) is 0 Å². The second-order valence-corrected chi connectivity index (χ2v) is 5.95. The molecule has 0 aliphatic rings. The van der Waals surface area contributed by atoms with Gasteiger partial charge in [-0.1, -0.05) is 12.1 Å². The van der Waals surface area contributed by atoms with Crippen molar-refractivity contribution in [1.29, 1.82) is 0 Å². The summed E-state index contributed by atoms with van der Waals surface area (Å²) in [5, 5.41) is 3.94. The lowest BCUT2D eigenvalue weighted by Crippen LogP contribution is -1.88. The van der Waals surface area contributed by atoms with Crippen molar-refractivity contribution >= 4 is 40.0 Å². The molecule has 0 aliphatic heterocycles. The van der Waals surface area contributed by atoms with E-state index in [0.29, 0.717) is 11.6 Å². The molecule has 1 aromatic heterocycles. The zero-order chi connectivity index (χ0) is 12.3. The molecule has 17 heavy (non-hydrogen) atoms. The third-order valence-corrected chi connectivity index (χ3v) is 3.56. The first-order valence-electron chi connectivity index (χ1n) is 5.16. The van der Waals surface area contributed by atoms with Gasteiger partial charge in [0, 0.05) is 14.8 Å². The van der Waals surface area contributed by atoms with E-state index in [9.17, 15) is 0 Å². The minimum Gasteiger partial charge on any atom is -0.399 e. The van der Waals surface area contributed by atoms with Crippen LogP contribution in [0.4, 0.5) is 5.69 Å². The van der Waals surface area contributed by atoms with Gasteiger partial charge in [-0.05, 0) is 46.5 Å². The fourth-order valence-corrected chi connectivity index (χ4v) is 2.56. The Kier molecular flexibility index (Phi) is 4.27. The van der Waals surface area contributed by atoms with Crippen molar-refractivity contribution in [3.8, 4) is 11.5 Å². The third-order valence-electron chi connectivity index (χ3n) is 2.07. The van der Waals surface area contributed by atoms with Crippen LogP contribution in [0.25, 0.3) is 11.5 Å². The molecule has 0 aliphatic carbocycles. The Balaban J connectivity index is 2.24. The molecule has 4 nitrogen and oxygen atoms in total. The number of anilines is 1. The quantitative estimate of drug-likeness (QED) is 0.669. The number of halogens is 1. The molecule has 6 heteroatoms. The number of aromatic nitrogens is 2. The second kappa shape index (κ2) is 5.72. The second-order valence-electron chi connectivity index (χ2n) is 3.43. The average molecular weight is 361 g/mol. The van der Waals surface area contributed by atoms with Crippen molar-refractivity contribution in [1.82, 2.24) is 10.1 Å². The molecule has 0 fully saturated rings. The van der Waals surface area contributed by atoms with Crippen LogP contribution in [-0.2, 0) is 5.75 Å². The summed E-state index contributed by atoms with van der Waals surface area (Å²) in [5.41, 5.74) is 7.36. The molecule has 0 amide bonds. The molecule has 90 valence electrons. The SMILES string of the molecule is CCSCc1noc(-c2cc(N)cc(I)c2)n1. The van der Waals surface area contributed by atoms with Crippen molar-refractivity contribution in [2.75, 3.05) is 11.5 Å². The van der Waals surface area contributed by atoms with Gasteiger partial charge in [-0.3, -0.25) is 0 Å². The number of hydrogen-bond donors (Lipinski definition) is 1. The van der Waals surface area contributed by atoms with Crippen molar-refractivity contribution in [3.05, 3.63) is 27.6 Å². The van der Waals surface area contributed by atoms with E-state index in [4.69, 9.17) is 10.3 Å². The molecule has 2 N–H and O–H groups in total. The Morgan fingerprint density at radius 1 is 1.41 bits per heavy atom. The maximum absolute atomic E-state index is 5.79. The number of nitrogens with two attached hydrogens (primary N) is 1.